The number of halogens is 6. The monoisotopic (exact) mass is 640 g/mol. The lowest BCUT2D eigenvalue weighted by molar-refractivity contribution is -0.906. The second-order valence-corrected chi connectivity index (χ2v) is 15.5. The third-order valence-corrected chi connectivity index (χ3v) is 11.5. The highest BCUT2D eigenvalue weighted by Crippen LogP contribution is 2.36. The van der Waals surface area contributed by atoms with Crippen molar-refractivity contribution in [1.29, 1.82) is 0 Å². The molecule has 0 spiro atoms. The third-order valence-electron chi connectivity index (χ3n) is 5.71. The van der Waals surface area contributed by atoms with Crippen LogP contribution in [0.1, 0.15) is 78.6 Å². The Balaban J connectivity index is 0.000000830. The van der Waals surface area contributed by atoms with E-state index >= 15 is 0 Å². The summed E-state index contributed by atoms with van der Waals surface area (Å²) in [7, 11) is -13.7. The summed E-state index contributed by atoms with van der Waals surface area (Å²) in [6.07, 6.45) is 11.7. The van der Waals surface area contributed by atoms with Crippen molar-refractivity contribution >= 4 is 28.9 Å². The average molecular weight is 641 g/mol. The molecule has 0 N–H and O–H groups in total. The van der Waals surface area contributed by atoms with Crippen molar-refractivity contribution in [3.8, 4) is 0 Å². The van der Waals surface area contributed by atoms with Crippen molar-refractivity contribution < 1.29 is 60.9 Å². The van der Waals surface area contributed by atoms with Crippen molar-refractivity contribution in [2.75, 3.05) is 46.1 Å². The molecule has 0 radical (unpaired) electrons. The molecule has 0 aromatic heterocycles. The van der Waals surface area contributed by atoms with Gasteiger partial charge >= 0.3 is 19.8 Å². The molecule has 1 fully saturated rings. The molecule has 1 saturated heterocycles. The van der Waals surface area contributed by atoms with E-state index in [4.69, 9.17) is 13.3 Å². The van der Waals surface area contributed by atoms with Crippen LogP contribution in [0.25, 0.3) is 4.13 Å². The minimum atomic E-state index is -6.72. The van der Waals surface area contributed by atoms with Gasteiger partial charge in [0.1, 0.15) is 6.17 Å². The summed E-state index contributed by atoms with van der Waals surface area (Å²) in [5, 5.41) is 0. The fourth-order valence-corrected chi connectivity index (χ4v) is 8.34. The lowest BCUT2D eigenvalue weighted by Crippen LogP contribution is -2.63. The summed E-state index contributed by atoms with van der Waals surface area (Å²) in [6, 6.07) is 0. The maximum absolute atomic E-state index is 11.4. The van der Waals surface area contributed by atoms with E-state index in [1.54, 1.807) is 0 Å². The zero-order chi connectivity index (χ0) is 30.4. The molecule has 1 aliphatic heterocycles. The average Bonchev–Trinajstić information content (AvgIpc) is 2.78. The third kappa shape index (κ3) is 14.3. The Labute approximate surface area is 229 Å². The van der Waals surface area contributed by atoms with Gasteiger partial charge in [-0.1, -0.05) is 40.0 Å². The van der Waals surface area contributed by atoms with E-state index in [-0.39, 0.29) is 0 Å². The van der Waals surface area contributed by atoms with Gasteiger partial charge in [-0.25, -0.2) is 16.8 Å². The number of alkyl halides is 6. The van der Waals surface area contributed by atoms with E-state index in [1.165, 1.54) is 32.4 Å². The minimum absolute atomic E-state index is 0.778. The molecule has 1 heterocycles. The van der Waals surface area contributed by atoms with Gasteiger partial charge in [-0.3, -0.25) is 0 Å². The topological polar surface area (TPSA) is 110 Å². The van der Waals surface area contributed by atoms with Gasteiger partial charge in [0, 0.05) is 19.8 Å². The molecule has 39 heavy (non-hydrogen) atoms. The first-order chi connectivity index (χ1) is 17.8. The van der Waals surface area contributed by atoms with Crippen LogP contribution in [-0.2, 0) is 33.3 Å². The molecule has 236 valence electrons. The van der Waals surface area contributed by atoms with Crippen LogP contribution in [0.15, 0.2) is 0 Å². The van der Waals surface area contributed by atoms with Gasteiger partial charge < -0.3 is 21.9 Å². The number of sulfonamides is 2. The summed E-state index contributed by atoms with van der Waals surface area (Å²) >= 11 is 0. The largest absolute Gasteiger partial charge is 0.559 e. The number of piperidine rings is 1. The highest BCUT2D eigenvalue weighted by atomic mass is 32.3. The number of likely N-dealkylation sites (tertiary alicyclic amines) is 1. The summed E-state index contributed by atoms with van der Waals surface area (Å²) in [5.41, 5.74) is -12.4. The minimum Gasteiger partial charge on any atom is -0.421 e. The summed E-state index contributed by atoms with van der Waals surface area (Å²) in [4.78, 5) is 0. The molecule has 0 atom stereocenters. The van der Waals surface area contributed by atoms with Gasteiger partial charge in [-0.15, -0.1) is 0 Å². The van der Waals surface area contributed by atoms with Crippen LogP contribution in [0, 0.1) is 0 Å². The van der Waals surface area contributed by atoms with Crippen LogP contribution in [0.5, 0.6) is 0 Å². The van der Waals surface area contributed by atoms with Crippen molar-refractivity contribution in [1.82, 2.24) is 0 Å². The predicted molar refractivity (Wildman–Crippen MR) is 136 cm³/mol. The number of quaternary nitrogens is 1. The highest BCUT2D eigenvalue weighted by molar-refractivity contribution is 8.13. The normalized spacial score (nSPS) is 17.0. The molecule has 0 bridgehead atoms. The van der Waals surface area contributed by atoms with Crippen molar-refractivity contribution in [2.24, 2.45) is 0 Å². The Morgan fingerprint density at radius 2 is 1.03 bits per heavy atom. The molecule has 1 rings (SSSR count). The first-order valence-electron chi connectivity index (χ1n) is 12.9. The highest BCUT2D eigenvalue weighted by Gasteiger charge is 2.50. The number of hydrogen-bond donors (Lipinski definition) is 0. The summed E-state index contributed by atoms with van der Waals surface area (Å²) in [5.74, 6) is 0. The second kappa shape index (κ2) is 16.8. The maximum atomic E-state index is 11.4. The van der Waals surface area contributed by atoms with E-state index < -0.39 is 39.9 Å². The van der Waals surface area contributed by atoms with E-state index in [0.29, 0.717) is 0 Å². The van der Waals surface area contributed by atoms with Gasteiger partial charge in [0.25, 0.3) is 0 Å². The first-order valence-corrected chi connectivity index (χ1v) is 17.7. The SMILES string of the molecule is CCCCO[Si](C[N+]1(C)CCCCC1)(OCCCC)OCCCC.O=S(=O)([N-]S(=O)(=O)C(F)(F)F)C(F)(F)F. The second-order valence-electron chi connectivity index (χ2n) is 9.49. The summed E-state index contributed by atoms with van der Waals surface area (Å²) in [6.45, 7) is 11.4. The van der Waals surface area contributed by atoms with Crippen LogP contribution >= 0.6 is 0 Å². The zero-order valence-corrected chi connectivity index (χ0v) is 25.6. The number of rotatable bonds is 16. The molecule has 9 nitrogen and oxygen atoms in total. The standard InChI is InChI=1S/C19H42NO3Si.C2F6NO4S2/c1-5-8-16-21-24(22-17-9-6-2,23-18-10-7-3)19-20(4)14-12-11-13-15-20;3-1(4,5)14(10,11)9-15(12,13)2(6,7)8/h5-19H2,1-4H3;/q+1;-1. The first kappa shape index (κ1) is 38.5. The van der Waals surface area contributed by atoms with Gasteiger partial charge in [0.05, 0.1) is 20.1 Å². The molecule has 0 amide bonds. The molecular formula is C21H42F6N2O7S2Si. The quantitative estimate of drug-likeness (QED) is 0.0935. The van der Waals surface area contributed by atoms with E-state index in [0.717, 1.165) is 73.1 Å². The number of hydrogen-bond acceptors (Lipinski definition) is 7. The van der Waals surface area contributed by atoms with Crippen molar-refractivity contribution in [2.45, 2.75) is 89.6 Å². The Kier molecular flexibility index (Phi) is 16.6. The molecule has 0 aromatic carbocycles. The van der Waals surface area contributed by atoms with Gasteiger partial charge in [-0.2, -0.15) is 26.3 Å². The van der Waals surface area contributed by atoms with E-state index in [9.17, 15) is 43.2 Å². The molecule has 0 aromatic rings. The predicted octanol–water partition coefficient (Wildman–Crippen LogP) is 5.60. The van der Waals surface area contributed by atoms with Gasteiger partial charge in [0.15, 0.2) is 20.0 Å². The summed E-state index contributed by atoms with van der Waals surface area (Å²) < 4.78 is 129. The fourth-order valence-electron chi connectivity index (χ4n) is 3.49. The van der Waals surface area contributed by atoms with Crippen LogP contribution < -0.4 is 0 Å². The van der Waals surface area contributed by atoms with E-state index in [2.05, 4.69) is 27.8 Å². The van der Waals surface area contributed by atoms with Gasteiger partial charge in [-0.05, 0) is 38.5 Å². The molecule has 0 saturated carbocycles. The molecule has 0 aliphatic carbocycles. The smallest absolute Gasteiger partial charge is 0.421 e. The van der Waals surface area contributed by atoms with Crippen LogP contribution in [-0.4, -0.2) is 87.3 Å². The van der Waals surface area contributed by atoms with E-state index in [1.807, 2.05) is 0 Å². The van der Waals surface area contributed by atoms with Crippen LogP contribution in [0.2, 0.25) is 0 Å². The Morgan fingerprint density at radius 1 is 0.692 bits per heavy atom. The number of unbranched alkanes of at least 4 members (excludes halogenated alkanes) is 3. The fraction of sp³-hybridized carbons (Fsp3) is 1.00. The van der Waals surface area contributed by atoms with Gasteiger partial charge in [0.2, 0.25) is 0 Å². The maximum Gasteiger partial charge on any atom is 0.559 e. The lowest BCUT2D eigenvalue weighted by Gasteiger charge is -2.42. The van der Waals surface area contributed by atoms with Crippen LogP contribution in [0.4, 0.5) is 26.3 Å². The molecule has 18 heteroatoms. The Bertz CT molecular complexity index is 829. The Hall–Kier alpha value is -0.503. The Morgan fingerprint density at radius 3 is 1.31 bits per heavy atom. The molecule has 0 unspecified atom stereocenters. The molecular weight excluding hydrogens is 598 g/mol. The zero-order valence-electron chi connectivity index (χ0n) is 22.9. The number of nitrogens with zero attached hydrogens (tertiary/aromatic N) is 2. The van der Waals surface area contributed by atoms with Crippen LogP contribution in [0.3, 0.4) is 0 Å². The molecule has 1 aliphatic rings. The van der Waals surface area contributed by atoms with Crippen molar-refractivity contribution in [3.05, 3.63) is 4.13 Å². The lowest BCUT2D eigenvalue weighted by atomic mass is 10.1. The van der Waals surface area contributed by atoms with Crippen molar-refractivity contribution in [3.63, 3.8) is 0 Å².